The smallest absolute Gasteiger partial charge is 0.123 e. The zero-order valence-electron chi connectivity index (χ0n) is 11.4. The molecule has 0 aromatic heterocycles. The van der Waals surface area contributed by atoms with E-state index in [-0.39, 0.29) is 5.82 Å². The average Bonchev–Trinajstić information content (AvgIpc) is 2.47. The summed E-state index contributed by atoms with van der Waals surface area (Å²) >= 11 is 12.4. The molecule has 0 radical (unpaired) electrons. The third kappa shape index (κ3) is 3.34. The van der Waals surface area contributed by atoms with Crippen LogP contribution in [-0.2, 0) is 11.8 Å². The lowest BCUT2D eigenvalue weighted by Crippen LogP contribution is -2.33. The molecule has 20 heavy (non-hydrogen) atoms. The standard InChI is InChI=1S/C17H17Cl2F/c1-13-5-7-14(8-6-13)10-17(11-18,12-19)15-3-2-4-16(20)9-15/h2-9H,10-12H2,1H3. The summed E-state index contributed by atoms with van der Waals surface area (Å²) in [7, 11) is 0. The van der Waals surface area contributed by atoms with Crippen LogP contribution in [0.2, 0.25) is 0 Å². The number of halogens is 3. The molecular formula is C17H17Cl2F. The molecule has 0 aliphatic rings. The maximum Gasteiger partial charge on any atom is 0.123 e. The molecule has 0 nitrogen and oxygen atoms in total. The lowest BCUT2D eigenvalue weighted by atomic mass is 9.78. The monoisotopic (exact) mass is 310 g/mol. The van der Waals surface area contributed by atoms with Gasteiger partial charge in [-0.25, -0.2) is 4.39 Å². The number of hydrogen-bond acceptors (Lipinski definition) is 0. The quantitative estimate of drug-likeness (QED) is 0.675. The predicted molar refractivity (Wildman–Crippen MR) is 84.4 cm³/mol. The Morgan fingerprint density at radius 1 is 1.00 bits per heavy atom. The Hall–Kier alpha value is -1.05. The highest BCUT2D eigenvalue weighted by Crippen LogP contribution is 2.32. The third-order valence-corrected chi connectivity index (χ3v) is 4.63. The number of hydrogen-bond donors (Lipinski definition) is 0. The molecule has 0 saturated heterocycles. The zero-order valence-corrected chi connectivity index (χ0v) is 12.9. The van der Waals surface area contributed by atoms with Gasteiger partial charge < -0.3 is 0 Å². The molecule has 0 aliphatic carbocycles. The van der Waals surface area contributed by atoms with E-state index < -0.39 is 5.41 Å². The molecule has 2 aromatic rings. The molecule has 0 bridgehead atoms. The van der Waals surface area contributed by atoms with Crippen molar-refractivity contribution >= 4 is 23.2 Å². The van der Waals surface area contributed by atoms with Crippen molar-refractivity contribution in [2.45, 2.75) is 18.8 Å². The normalized spacial score (nSPS) is 11.6. The van der Waals surface area contributed by atoms with Crippen molar-refractivity contribution in [3.05, 3.63) is 71.0 Å². The summed E-state index contributed by atoms with van der Waals surface area (Å²) in [6, 6.07) is 14.8. The van der Waals surface area contributed by atoms with Gasteiger partial charge >= 0.3 is 0 Å². The maximum atomic E-state index is 13.5. The van der Waals surface area contributed by atoms with E-state index in [9.17, 15) is 4.39 Å². The van der Waals surface area contributed by atoms with Crippen molar-refractivity contribution < 1.29 is 4.39 Å². The highest BCUT2D eigenvalue weighted by atomic mass is 35.5. The van der Waals surface area contributed by atoms with Gasteiger partial charge in [-0.3, -0.25) is 0 Å². The first kappa shape index (κ1) is 15.3. The zero-order chi connectivity index (χ0) is 14.6. The predicted octanol–water partition coefficient (Wildman–Crippen LogP) is 5.09. The van der Waals surface area contributed by atoms with Crippen molar-refractivity contribution in [1.29, 1.82) is 0 Å². The molecule has 0 spiro atoms. The molecule has 0 saturated carbocycles. The Bertz CT molecular complexity index is 559. The lowest BCUT2D eigenvalue weighted by Gasteiger charge is -2.30. The van der Waals surface area contributed by atoms with Gasteiger partial charge in [0.15, 0.2) is 0 Å². The van der Waals surface area contributed by atoms with E-state index in [2.05, 4.69) is 24.3 Å². The molecule has 0 N–H and O–H groups in total. The second-order valence-electron chi connectivity index (χ2n) is 5.22. The van der Waals surface area contributed by atoms with Crippen molar-refractivity contribution in [3.63, 3.8) is 0 Å². The van der Waals surface area contributed by atoms with Crippen LogP contribution in [0.1, 0.15) is 16.7 Å². The first-order chi connectivity index (χ1) is 9.59. The van der Waals surface area contributed by atoms with E-state index in [0.717, 1.165) is 11.1 Å². The summed E-state index contributed by atoms with van der Waals surface area (Å²) < 4.78 is 13.5. The fourth-order valence-corrected chi connectivity index (χ4v) is 3.08. The van der Waals surface area contributed by atoms with Gasteiger partial charge in [0.25, 0.3) is 0 Å². The van der Waals surface area contributed by atoms with Gasteiger partial charge in [-0.05, 0) is 36.6 Å². The largest absolute Gasteiger partial charge is 0.207 e. The number of alkyl halides is 2. The highest BCUT2D eigenvalue weighted by Gasteiger charge is 2.31. The fraction of sp³-hybridized carbons (Fsp3) is 0.294. The average molecular weight is 311 g/mol. The minimum absolute atomic E-state index is 0.258. The number of rotatable bonds is 5. The van der Waals surface area contributed by atoms with E-state index in [0.29, 0.717) is 18.2 Å². The van der Waals surface area contributed by atoms with Crippen LogP contribution < -0.4 is 0 Å². The first-order valence-electron chi connectivity index (χ1n) is 6.53. The Morgan fingerprint density at radius 2 is 1.65 bits per heavy atom. The molecule has 3 heteroatoms. The molecule has 0 unspecified atom stereocenters. The van der Waals surface area contributed by atoms with Crippen molar-refractivity contribution in [2.24, 2.45) is 0 Å². The number of benzene rings is 2. The second kappa shape index (κ2) is 6.60. The van der Waals surface area contributed by atoms with E-state index in [1.54, 1.807) is 6.07 Å². The van der Waals surface area contributed by atoms with Crippen LogP contribution in [0.3, 0.4) is 0 Å². The molecule has 2 rings (SSSR count). The van der Waals surface area contributed by atoms with Crippen molar-refractivity contribution in [3.8, 4) is 0 Å². The Labute approximate surface area is 129 Å². The topological polar surface area (TPSA) is 0 Å². The summed E-state index contributed by atoms with van der Waals surface area (Å²) in [5, 5.41) is 0. The van der Waals surface area contributed by atoms with Crippen molar-refractivity contribution in [1.82, 2.24) is 0 Å². The lowest BCUT2D eigenvalue weighted by molar-refractivity contribution is 0.528. The van der Waals surface area contributed by atoms with Gasteiger partial charge in [0.2, 0.25) is 0 Å². The van der Waals surface area contributed by atoms with Crippen molar-refractivity contribution in [2.75, 3.05) is 11.8 Å². The molecule has 0 fully saturated rings. The van der Waals surface area contributed by atoms with Crippen LogP contribution in [0.4, 0.5) is 4.39 Å². The Kier molecular flexibility index (Phi) is 5.06. The molecule has 2 aromatic carbocycles. The summed E-state index contributed by atoms with van der Waals surface area (Å²) in [4.78, 5) is 0. The van der Waals surface area contributed by atoms with Gasteiger partial charge in [0.1, 0.15) is 5.82 Å². The van der Waals surface area contributed by atoms with Gasteiger partial charge in [-0.1, -0.05) is 42.0 Å². The molecule has 106 valence electrons. The van der Waals surface area contributed by atoms with Crippen LogP contribution >= 0.6 is 23.2 Å². The Balaban J connectivity index is 2.36. The molecular weight excluding hydrogens is 294 g/mol. The number of aryl methyl sites for hydroxylation is 1. The van der Waals surface area contributed by atoms with Crippen LogP contribution in [0.25, 0.3) is 0 Å². The minimum Gasteiger partial charge on any atom is -0.207 e. The van der Waals surface area contributed by atoms with E-state index in [1.165, 1.54) is 17.7 Å². The maximum absolute atomic E-state index is 13.5. The first-order valence-corrected chi connectivity index (χ1v) is 7.60. The Morgan fingerprint density at radius 3 is 2.20 bits per heavy atom. The summed E-state index contributed by atoms with van der Waals surface area (Å²) in [5.74, 6) is 0.452. The van der Waals surface area contributed by atoms with Crippen LogP contribution in [-0.4, -0.2) is 11.8 Å². The van der Waals surface area contributed by atoms with E-state index in [4.69, 9.17) is 23.2 Å². The van der Waals surface area contributed by atoms with Crippen LogP contribution in [0.5, 0.6) is 0 Å². The van der Waals surface area contributed by atoms with E-state index in [1.807, 2.05) is 13.0 Å². The molecule has 0 amide bonds. The molecule has 0 atom stereocenters. The third-order valence-electron chi connectivity index (χ3n) is 3.61. The van der Waals surface area contributed by atoms with Gasteiger partial charge in [0.05, 0.1) is 0 Å². The van der Waals surface area contributed by atoms with Gasteiger partial charge in [-0.15, -0.1) is 23.2 Å². The summed E-state index contributed by atoms with van der Waals surface area (Å²) in [6.07, 6.45) is 0.698. The summed E-state index contributed by atoms with van der Waals surface area (Å²) in [6.45, 7) is 2.05. The molecule has 0 heterocycles. The minimum atomic E-state index is -0.444. The fourth-order valence-electron chi connectivity index (χ4n) is 2.30. The highest BCUT2D eigenvalue weighted by molar-refractivity contribution is 6.22. The van der Waals surface area contributed by atoms with E-state index >= 15 is 0 Å². The van der Waals surface area contributed by atoms with Crippen LogP contribution in [0.15, 0.2) is 48.5 Å². The van der Waals surface area contributed by atoms with Crippen LogP contribution in [0, 0.1) is 12.7 Å². The van der Waals surface area contributed by atoms with Gasteiger partial charge in [0, 0.05) is 17.2 Å². The summed E-state index contributed by atoms with van der Waals surface area (Å²) in [5.41, 5.74) is 2.77. The SMILES string of the molecule is Cc1ccc(CC(CCl)(CCl)c2cccc(F)c2)cc1. The van der Waals surface area contributed by atoms with Gasteiger partial charge in [-0.2, -0.15) is 0 Å². The second-order valence-corrected chi connectivity index (χ2v) is 5.75. The molecule has 0 aliphatic heterocycles.